The molecule has 0 bridgehead atoms. The second-order valence-electron chi connectivity index (χ2n) is 5.92. The van der Waals surface area contributed by atoms with Gasteiger partial charge in [-0.25, -0.2) is 4.98 Å². The van der Waals surface area contributed by atoms with E-state index in [1.54, 1.807) is 0 Å². The van der Waals surface area contributed by atoms with Gasteiger partial charge in [-0.15, -0.1) is 0 Å². The summed E-state index contributed by atoms with van der Waals surface area (Å²) in [5.41, 5.74) is 11.0. The van der Waals surface area contributed by atoms with Gasteiger partial charge in [-0.2, -0.15) is 0 Å². The zero-order valence-electron chi connectivity index (χ0n) is 13.2. The molecule has 108 valence electrons. The number of benzene rings is 1. The van der Waals surface area contributed by atoms with E-state index in [9.17, 15) is 0 Å². The van der Waals surface area contributed by atoms with Gasteiger partial charge in [0.15, 0.2) is 0 Å². The van der Waals surface area contributed by atoms with E-state index in [1.165, 1.54) is 11.1 Å². The van der Waals surface area contributed by atoms with Crippen molar-refractivity contribution in [1.82, 2.24) is 9.55 Å². The van der Waals surface area contributed by atoms with E-state index in [4.69, 9.17) is 10.7 Å². The lowest BCUT2D eigenvalue weighted by Crippen LogP contribution is -2.10. The van der Waals surface area contributed by atoms with Crippen LogP contribution in [0.15, 0.2) is 18.2 Å². The Bertz CT molecular complexity index is 609. The van der Waals surface area contributed by atoms with Gasteiger partial charge in [0.2, 0.25) is 0 Å². The van der Waals surface area contributed by atoms with Crippen LogP contribution in [0.4, 0.5) is 5.82 Å². The number of nitrogens with zero attached hydrogens (tertiary/aromatic N) is 2. The topological polar surface area (TPSA) is 43.8 Å². The van der Waals surface area contributed by atoms with Crippen molar-refractivity contribution in [2.75, 3.05) is 5.73 Å². The smallest absolute Gasteiger partial charge is 0.131 e. The molecule has 0 aliphatic rings. The minimum atomic E-state index is 0.560. The highest BCUT2D eigenvalue weighted by Gasteiger charge is 2.16. The maximum atomic E-state index is 6.35. The molecule has 1 aromatic carbocycles. The van der Waals surface area contributed by atoms with Crippen molar-refractivity contribution in [3.8, 4) is 11.3 Å². The molecule has 0 unspecified atom stereocenters. The highest BCUT2D eigenvalue weighted by molar-refractivity contribution is 5.72. The summed E-state index contributed by atoms with van der Waals surface area (Å²) in [4.78, 5) is 4.76. The van der Waals surface area contributed by atoms with E-state index < -0.39 is 0 Å². The number of rotatable bonds is 4. The van der Waals surface area contributed by atoms with Gasteiger partial charge in [0.1, 0.15) is 17.3 Å². The van der Waals surface area contributed by atoms with Crippen molar-refractivity contribution in [3.05, 3.63) is 35.2 Å². The molecule has 0 atom stereocenters. The highest BCUT2D eigenvalue weighted by atomic mass is 15.1. The van der Waals surface area contributed by atoms with E-state index >= 15 is 0 Å². The molecule has 0 amide bonds. The number of aromatic nitrogens is 2. The molecule has 0 radical (unpaired) electrons. The standard InChI is InChI=1S/C17H25N3/c1-6-15-19-16(17(18)20(15)10-11(2)3)14-8-7-12(4)13(5)9-14/h7-9,11H,6,10,18H2,1-5H3. The molecule has 0 fully saturated rings. The maximum absolute atomic E-state index is 6.35. The first-order valence-electron chi connectivity index (χ1n) is 7.36. The normalized spacial score (nSPS) is 11.3. The molecule has 0 aliphatic heterocycles. The van der Waals surface area contributed by atoms with Crippen LogP contribution in [-0.2, 0) is 13.0 Å². The van der Waals surface area contributed by atoms with E-state index in [1.807, 2.05) is 0 Å². The average Bonchev–Trinajstić information content (AvgIpc) is 2.70. The van der Waals surface area contributed by atoms with Crippen LogP contribution in [0.3, 0.4) is 0 Å². The summed E-state index contributed by atoms with van der Waals surface area (Å²) in [6.07, 6.45) is 0.905. The third-order valence-corrected chi connectivity index (χ3v) is 3.73. The van der Waals surface area contributed by atoms with E-state index in [-0.39, 0.29) is 0 Å². The van der Waals surface area contributed by atoms with Gasteiger partial charge >= 0.3 is 0 Å². The zero-order valence-corrected chi connectivity index (χ0v) is 13.2. The SMILES string of the molecule is CCc1nc(-c2ccc(C)c(C)c2)c(N)n1CC(C)C. The third kappa shape index (κ3) is 2.72. The Morgan fingerprint density at radius 3 is 2.45 bits per heavy atom. The molecule has 0 saturated carbocycles. The summed E-state index contributed by atoms with van der Waals surface area (Å²) in [6, 6.07) is 6.42. The van der Waals surface area contributed by atoms with Crippen LogP contribution < -0.4 is 5.73 Å². The Labute approximate surface area is 121 Å². The van der Waals surface area contributed by atoms with Crippen molar-refractivity contribution < 1.29 is 0 Å². The molecule has 1 heterocycles. The fourth-order valence-corrected chi connectivity index (χ4v) is 2.45. The van der Waals surface area contributed by atoms with Gasteiger partial charge in [0.05, 0.1) is 0 Å². The number of nitrogen functional groups attached to an aromatic ring is 1. The van der Waals surface area contributed by atoms with Gasteiger partial charge in [-0.05, 0) is 37.0 Å². The number of hydrogen-bond acceptors (Lipinski definition) is 2. The average molecular weight is 271 g/mol. The second kappa shape index (κ2) is 5.70. The molecule has 3 nitrogen and oxygen atoms in total. The maximum Gasteiger partial charge on any atom is 0.131 e. The Morgan fingerprint density at radius 1 is 1.20 bits per heavy atom. The van der Waals surface area contributed by atoms with Crippen LogP contribution in [0.2, 0.25) is 0 Å². The molecule has 3 heteroatoms. The summed E-state index contributed by atoms with van der Waals surface area (Å²) in [5, 5.41) is 0. The number of hydrogen-bond donors (Lipinski definition) is 1. The largest absolute Gasteiger partial charge is 0.383 e. The number of imidazole rings is 1. The molecule has 2 rings (SSSR count). The molecule has 0 aliphatic carbocycles. The summed E-state index contributed by atoms with van der Waals surface area (Å²) in [6.45, 7) is 11.7. The van der Waals surface area contributed by atoms with Crippen LogP contribution in [0.25, 0.3) is 11.3 Å². The first kappa shape index (κ1) is 14.6. The molecule has 1 aromatic heterocycles. The van der Waals surface area contributed by atoms with Gasteiger partial charge in [0.25, 0.3) is 0 Å². The molecule has 2 aromatic rings. The summed E-state index contributed by atoms with van der Waals surface area (Å²) in [7, 11) is 0. The zero-order chi connectivity index (χ0) is 14.9. The molecule has 2 N–H and O–H groups in total. The van der Waals surface area contributed by atoms with Crippen LogP contribution in [0.5, 0.6) is 0 Å². The van der Waals surface area contributed by atoms with E-state index in [0.29, 0.717) is 5.92 Å². The van der Waals surface area contributed by atoms with Crippen LogP contribution in [-0.4, -0.2) is 9.55 Å². The molecule has 20 heavy (non-hydrogen) atoms. The first-order valence-corrected chi connectivity index (χ1v) is 7.36. The van der Waals surface area contributed by atoms with Gasteiger partial charge in [0, 0.05) is 18.5 Å². The third-order valence-electron chi connectivity index (χ3n) is 3.73. The van der Waals surface area contributed by atoms with Crippen LogP contribution in [0.1, 0.15) is 37.7 Å². The Morgan fingerprint density at radius 2 is 1.90 bits per heavy atom. The van der Waals surface area contributed by atoms with E-state index in [0.717, 1.165) is 35.9 Å². The van der Waals surface area contributed by atoms with Crippen LogP contribution in [0, 0.1) is 19.8 Å². The molecular formula is C17H25N3. The monoisotopic (exact) mass is 271 g/mol. The number of nitrogens with two attached hydrogens (primary N) is 1. The fourth-order valence-electron chi connectivity index (χ4n) is 2.45. The van der Waals surface area contributed by atoms with Crippen molar-refractivity contribution in [2.24, 2.45) is 5.92 Å². The minimum absolute atomic E-state index is 0.560. The summed E-state index contributed by atoms with van der Waals surface area (Å²) >= 11 is 0. The van der Waals surface area contributed by atoms with Crippen LogP contribution >= 0.6 is 0 Å². The van der Waals surface area contributed by atoms with Crippen molar-refractivity contribution in [1.29, 1.82) is 0 Å². The van der Waals surface area contributed by atoms with Crippen molar-refractivity contribution in [3.63, 3.8) is 0 Å². The molecular weight excluding hydrogens is 246 g/mol. The summed E-state index contributed by atoms with van der Waals surface area (Å²) in [5.74, 6) is 2.42. The predicted molar refractivity (Wildman–Crippen MR) is 85.8 cm³/mol. The summed E-state index contributed by atoms with van der Waals surface area (Å²) < 4.78 is 2.16. The van der Waals surface area contributed by atoms with E-state index in [2.05, 4.69) is 57.4 Å². The highest BCUT2D eigenvalue weighted by Crippen LogP contribution is 2.28. The Kier molecular flexibility index (Phi) is 4.17. The lowest BCUT2D eigenvalue weighted by Gasteiger charge is -2.11. The second-order valence-corrected chi connectivity index (χ2v) is 5.92. The van der Waals surface area contributed by atoms with Gasteiger partial charge in [-0.3, -0.25) is 0 Å². The van der Waals surface area contributed by atoms with Gasteiger partial charge < -0.3 is 10.3 Å². The Hall–Kier alpha value is -1.77. The quantitative estimate of drug-likeness (QED) is 0.914. The number of aryl methyl sites for hydroxylation is 3. The fraction of sp³-hybridized carbons (Fsp3) is 0.471. The first-order chi connectivity index (χ1) is 9.43. The lowest BCUT2D eigenvalue weighted by atomic mass is 10.0. The Balaban J connectivity index is 2.51. The van der Waals surface area contributed by atoms with Crippen molar-refractivity contribution >= 4 is 5.82 Å². The van der Waals surface area contributed by atoms with Gasteiger partial charge in [-0.1, -0.05) is 32.9 Å². The molecule has 0 saturated heterocycles. The minimum Gasteiger partial charge on any atom is -0.383 e. The lowest BCUT2D eigenvalue weighted by molar-refractivity contribution is 0.513. The number of anilines is 1. The predicted octanol–water partition coefficient (Wildman–Crippen LogP) is 3.97. The molecule has 0 spiro atoms. The van der Waals surface area contributed by atoms with Crippen molar-refractivity contribution in [2.45, 2.75) is 47.6 Å².